The molecule has 0 aliphatic heterocycles. The van der Waals surface area contributed by atoms with E-state index in [1.165, 1.54) is 10.6 Å². The number of hydrogen-bond acceptors (Lipinski definition) is 5. The number of furan rings is 1. The van der Waals surface area contributed by atoms with Crippen LogP contribution in [0.5, 0.6) is 5.75 Å². The highest BCUT2D eigenvalue weighted by molar-refractivity contribution is 9.10. The fraction of sp³-hybridized carbons (Fsp3) is 0.211. The summed E-state index contributed by atoms with van der Waals surface area (Å²) in [6.07, 6.45) is 4.82. The average Bonchev–Trinajstić information content (AvgIpc) is 3.17. The fourth-order valence-corrected chi connectivity index (χ4v) is 4.66. The van der Waals surface area contributed by atoms with Crippen molar-refractivity contribution in [3.63, 3.8) is 0 Å². The van der Waals surface area contributed by atoms with Crippen molar-refractivity contribution in [2.75, 3.05) is 6.61 Å². The zero-order chi connectivity index (χ0) is 19.3. The van der Waals surface area contributed by atoms with E-state index in [9.17, 15) is 8.42 Å². The smallest absolute Gasteiger partial charge is 0.247 e. The number of ether oxygens (including phenoxy) is 1. The molecule has 0 bridgehead atoms. The van der Waals surface area contributed by atoms with Crippen molar-refractivity contribution in [3.8, 4) is 5.75 Å². The van der Waals surface area contributed by atoms with Gasteiger partial charge < -0.3 is 9.15 Å². The lowest BCUT2D eigenvalue weighted by Gasteiger charge is -2.23. The lowest BCUT2D eigenvalue weighted by molar-refractivity contribution is 0.325. The summed E-state index contributed by atoms with van der Waals surface area (Å²) >= 11 is 3.35. The summed E-state index contributed by atoms with van der Waals surface area (Å²) in [5.74, 6) is 0.867. The van der Waals surface area contributed by atoms with E-state index in [1.807, 2.05) is 13.0 Å². The van der Waals surface area contributed by atoms with Gasteiger partial charge in [-0.1, -0.05) is 22.0 Å². The summed E-state index contributed by atoms with van der Waals surface area (Å²) in [5.41, 5.74) is 0.778. The minimum atomic E-state index is -3.86. The van der Waals surface area contributed by atoms with Crippen LogP contribution < -0.4 is 4.74 Å². The number of pyridine rings is 1. The summed E-state index contributed by atoms with van der Waals surface area (Å²) in [4.78, 5) is 4.18. The maximum Gasteiger partial charge on any atom is 0.247 e. The van der Waals surface area contributed by atoms with Gasteiger partial charge >= 0.3 is 0 Å². The number of sulfonamides is 1. The van der Waals surface area contributed by atoms with Gasteiger partial charge in [-0.2, -0.15) is 4.31 Å². The van der Waals surface area contributed by atoms with Gasteiger partial charge in [0.15, 0.2) is 0 Å². The van der Waals surface area contributed by atoms with E-state index in [4.69, 9.17) is 9.15 Å². The molecule has 0 unspecified atom stereocenters. The van der Waals surface area contributed by atoms with Crippen LogP contribution in [0.3, 0.4) is 0 Å². The Labute approximate surface area is 167 Å². The molecule has 0 aliphatic carbocycles. The average molecular weight is 451 g/mol. The lowest BCUT2D eigenvalue weighted by atomic mass is 10.3. The van der Waals surface area contributed by atoms with Crippen molar-refractivity contribution in [2.45, 2.75) is 24.9 Å². The van der Waals surface area contributed by atoms with Crippen LogP contribution in [0.15, 0.2) is 74.9 Å². The first kappa shape index (κ1) is 19.6. The van der Waals surface area contributed by atoms with Crippen LogP contribution in [0.25, 0.3) is 0 Å². The molecule has 0 atom stereocenters. The molecular formula is C19H19BrN2O4S. The molecule has 1 aromatic carbocycles. The van der Waals surface area contributed by atoms with Crippen molar-refractivity contribution in [1.29, 1.82) is 0 Å². The maximum atomic E-state index is 13.5. The normalized spacial score (nSPS) is 11.7. The molecule has 0 saturated carbocycles. The summed E-state index contributed by atoms with van der Waals surface area (Å²) in [6.45, 7) is 2.44. The number of hydrogen-bond donors (Lipinski definition) is 0. The van der Waals surface area contributed by atoms with Gasteiger partial charge in [-0.3, -0.25) is 4.98 Å². The Morgan fingerprint density at radius 3 is 2.70 bits per heavy atom. The van der Waals surface area contributed by atoms with Crippen LogP contribution in [-0.4, -0.2) is 24.3 Å². The first-order valence-corrected chi connectivity index (χ1v) is 10.6. The van der Waals surface area contributed by atoms with Crippen molar-refractivity contribution < 1.29 is 17.6 Å². The van der Waals surface area contributed by atoms with E-state index in [2.05, 4.69) is 20.9 Å². The zero-order valence-corrected chi connectivity index (χ0v) is 17.1. The zero-order valence-electron chi connectivity index (χ0n) is 14.7. The van der Waals surface area contributed by atoms with Crippen LogP contribution in [0.2, 0.25) is 0 Å². The van der Waals surface area contributed by atoms with Gasteiger partial charge in [-0.15, -0.1) is 0 Å². The Bertz CT molecular complexity index is 976. The van der Waals surface area contributed by atoms with Gasteiger partial charge in [-0.25, -0.2) is 8.42 Å². The molecule has 0 fully saturated rings. The number of halogens is 1. The van der Waals surface area contributed by atoms with Crippen LogP contribution >= 0.6 is 15.9 Å². The monoisotopic (exact) mass is 450 g/mol. The third-order valence-corrected chi connectivity index (χ3v) is 6.12. The minimum Gasteiger partial charge on any atom is -0.492 e. The van der Waals surface area contributed by atoms with Crippen molar-refractivity contribution >= 4 is 26.0 Å². The van der Waals surface area contributed by atoms with Crippen LogP contribution in [0.4, 0.5) is 0 Å². The predicted molar refractivity (Wildman–Crippen MR) is 105 cm³/mol. The topological polar surface area (TPSA) is 72.6 Å². The summed E-state index contributed by atoms with van der Waals surface area (Å²) in [7, 11) is -3.86. The van der Waals surface area contributed by atoms with Gasteiger partial charge in [0.1, 0.15) is 16.4 Å². The molecule has 0 amide bonds. The van der Waals surface area contributed by atoms with E-state index in [0.717, 1.165) is 5.56 Å². The number of aromatic nitrogens is 1. The highest BCUT2D eigenvalue weighted by Crippen LogP contribution is 2.31. The largest absolute Gasteiger partial charge is 0.492 e. The van der Waals surface area contributed by atoms with E-state index in [1.54, 1.807) is 48.8 Å². The number of rotatable bonds is 8. The molecule has 27 heavy (non-hydrogen) atoms. The lowest BCUT2D eigenvalue weighted by Crippen LogP contribution is -2.30. The van der Waals surface area contributed by atoms with Crippen LogP contribution in [0, 0.1) is 0 Å². The third kappa shape index (κ3) is 4.77. The first-order valence-electron chi connectivity index (χ1n) is 8.34. The molecule has 8 heteroatoms. The summed E-state index contributed by atoms with van der Waals surface area (Å²) in [5, 5.41) is 0. The molecule has 2 heterocycles. The minimum absolute atomic E-state index is 0.0995. The molecule has 0 saturated heterocycles. The van der Waals surface area contributed by atoms with Gasteiger partial charge in [0.25, 0.3) is 0 Å². The quantitative estimate of drug-likeness (QED) is 0.513. The Morgan fingerprint density at radius 2 is 2.04 bits per heavy atom. The van der Waals surface area contributed by atoms with E-state index >= 15 is 0 Å². The maximum absolute atomic E-state index is 13.5. The van der Waals surface area contributed by atoms with E-state index in [0.29, 0.717) is 22.6 Å². The molecular weight excluding hydrogens is 432 g/mol. The molecule has 0 N–H and O–H groups in total. The number of nitrogens with zero attached hydrogens (tertiary/aromatic N) is 2. The second kappa shape index (κ2) is 8.69. The van der Waals surface area contributed by atoms with Crippen molar-refractivity contribution in [1.82, 2.24) is 9.29 Å². The van der Waals surface area contributed by atoms with Crippen LogP contribution in [0.1, 0.15) is 18.2 Å². The van der Waals surface area contributed by atoms with Crippen molar-refractivity contribution in [2.24, 2.45) is 0 Å². The second-order valence-electron chi connectivity index (χ2n) is 5.74. The van der Waals surface area contributed by atoms with Gasteiger partial charge in [0.05, 0.1) is 19.4 Å². The molecule has 6 nitrogen and oxygen atoms in total. The standard InChI is InChI=1S/C19H19BrN2O4S/c1-2-25-18-8-7-16(20)11-19(18)27(23,24)22(14-17-6-4-10-26-17)13-15-5-3-9-21-12-15/h3-12H,2,13-14H2,1H3. The fourth-order valence-electron chi connectivity index (χ4n) is 2.59. The molecule has 2 aromatic heterocycles. The molecule has 3 aromatic rings. The highest BCUT2D eigenvalue weighted by Gasteiger charge is 2.29. The Hall–Kier alpha value is -2.16. The van der Waals surface area contributed by atoms with E-state index in [-0.39, 0.29) is 18.0 Å². The van der Waals surface area contributed by atoms with Gasteiger partial charge in [0.2, 0.25) is 10.0 Å². The van der Waals surface area contributed by atoms with Crippen LogP contribution in [-0.2, 0) is 23.1 Å². The Kier molecular flexibility index (Phi) is 6.30. The Morgan fingerprint density at radius 1 is 1.19 bits per heavy atom. The van der Waals surface area contributed by atoms with Crippen molar-refractivity contribution in [3.05, 3.63) is 76.9 Å². The first-order chi connectivity index (χ1) is 13.0. The number of benzene rings is 1. The SMILES string of the molecule is CCOc1ccc(Br)cc1S(=O)(=O)N(Cc1cccnc1)Cc1ccco1. The molecule has 142 valence electrons. The highest BCUT2D eigenvalue weighted by atomic mass is 79.9. The molecule has 0 aliphatic rings. The third-order valence-electron chi connectivity index (χ3n) is 3.82. The second-order valence-corrected chi connectivity index (χ2v) is 8.56. The molecule has 0 spiro atoms. The van der Waals surface area contributed by atoms with E-state index < -0.39 is 10.0 Å². The molecule has 0 radical (unpaired) electrons. The summed E-state index contributed by atoms with van der Waals surface area (Å²) < 4.78 is 39.9. The Balaban J connectivity index is 2.03. The summed E-state index contributed by atoms with van der Waals surface area (Å²) in [6, 6.07) is 12.0. The predicted octanol–water partition coefficient (Wildman–Crippen LogP) is 4.23. The van der Waals surface area contributed by atoms with Gasteiger partial charge in [0, 0.05) is 23.4 Å². The van der Waals surface area contributed by atoms with Gasteiger partial charge in [-0.05, 0) is 48.9 Å². The molecule has 3 rings (SSSR count).